The van der Waals surface area contributed by atoms with Crippen molar-refractivity contribution in [3.63, 3.8) is 0 Å². The van der Waals surface area contributed by atoms with Gasteiger partial charge < -0.3 is 10.1 Å². The molecule has 1 aromatic carbocycles. The number of aromatic nitrogens is 3. The van der Waals surface area contributed by atoms with Crippen LogP contribution in [0.3, 0.4) is 0 Å². The maximum Gasteiger partial charge on any atom is 0.261 e. The lowest BCUT2D eigenvalue weighted by Gasteiger charge is -2.09. The molecule has 0 atom stereocenters. The quantitative estimate of drug-likeness (QED) is 0.775. The zero-order chi connectivity index (χ0) is 15.4. The van der Waals surface area contributed by atoms with E-state index in [-0.39, 0.29) is 5.91 Å². The molecule has 2 N–H and O–H groups in total. The summed E-state index contributed by atoms with van der Waals surface area (Å²) in [6.07, 6.45) is 3.26. The highest BCUT2D eigenvalue weighted by molar-refractivity contribution is 6.06. The summed E-state index contributed by atoms with van der Waals surface area (Å²) in [6, 6.07) is 12.7. The number of anilines is 1. The van der Waals surface area contributed by atoms with Gasteiger partial charge in [-0.3, -0.25) is 9.89 Å². The molecule has 22 heavy (non-hydrogen) atoms. The van der Waals surface area contributed by atoms with Crippen LogP contribution in [-0.4, -0.2) is 28.2 Å². The van der Waals surface area contributed by atoms with Gasteiger partial charge in [-0.05, 0) is 30.3 Å². The molecular weight excluding hydrogens is 280 g/mol. The lowest BCUT2D eigenvalue weighted by Crippen LogP contribution is -2.13. The monoisotopic (exact) mass is 294 g/mol. The topological polar surface area (TPSA) is 79.9 Å². The van der Waals surface area contributed by atoms with Gasteiger partial charge in [0.15, 0.2) is 0 Å². The van der Waals surface area contributed by atoms with Crippen LogP contribution in [0.1, 0.15) is 10.4 Å². The Bertz CT molecular complexity index is 784. The van der Waals surface area contributed by atoms with Crippen LogP contribution in [-0.2, 0) is 0 Å². The average Bonchev–Trinajstić information content (AvgIpc) is 3.09. The fourth-order valence-electron chi connectivity index (χ4n) is 2.11. The molecule has 6 heteroatoms. The van der Waals surface area contributed by atoms with E-state index >= 15 is 0 Å². The van der Waals surface area contributed by atoms with Gasteiger partial charge in [-0.1, -0.05) is 12.1 Å². The number of ether oxygens (including phenoxy) is 1. The second-order valence-corrected chi connectivity index (χ2v) is 4.57. The first kappa shape index (κ1) is 13.8. The van der Waals surface area contributed by atoms with Gasteiger partial charge in [-0.2, -0.15) is 5.10 Å². The van der Waals surface area contributed by atoms with Crippen molar-refractivity contribution in [3.8, 4) is 17.1 Å². The third kappa shape index (κ3) is 2.80. The standard InChI is InChI=1S/C16H14N4O2/c1-22-16-13(6-3-8-17-16)15(21)19-12-5-2-4-11(10-12)14-7-9-18-20-14/h2-10H,1H3,(H,18,20)(H,19,21). The van der Waals surface area contributed by atoms with Crippen LogP contribution in [0.5, 0.6) is 5.88 Å². The zero-order valence-corrected chi connectivity index (χ0v) is 11.9. The van der Waals surface area contributed by atoms with E-state index in [1.165, 1.54) is 7.11 Å². The molecule has 0 saturated carbocycles. The zero-order valence-electron chi connectivity index (χ0n) is 11.9. The number of hydrogen-bond acceptors (Lipinski definition) is 4. The van der Waals surface area contributed by atoms with Crippen LogP contribution in [0.2, 0.25) is 0 Å². The number of rotatable bonds is 4. The van der Waals surface area contributed by atoms with E-state index in [9.17, 15) is 4.79 Å². The number of nitrogens with zero attached hydrogens (tertiary/aromatic N) is 2. The second-order valence-electron chi connectivity index (χ2n) is 4.57. The van der Waals surface area contributed by atoms with Gasteiger partial charge in [-0.25, -0.2) is 4.98 Å². The molecule has 0 unspecified atom stereocenters. The van der Waals surface area contributed by atoms with Crippen molar-refractivity contribution in [2.45, 2.75) is 0 Å². The molecular formula is C16H14N4O2. The number of hydrogen-bond donors (Lipinski definition) is 2. The van der Waals surface area contributed by atoms with E-state index in [1.807, 2.05) is 30.3 Å². The van der Waals surface area contributed by atoms with Crippen molar-refractivity contribution in [2.24, 2.45) is 0 Å². The Morgan fingerprint density at radius 3 is 2.86 bits per heavy atom. The van der Waals surface area contributed by atoms with Crippen molar-refractivity contribution < 1.29 is 9.53 Å². The molecule has 110 valence electrons. The minimum Gasteiger partial charge on any atom is -0.480 e. The summed E-state index contributed by atoms with van der Waals surface area (Å²) in [6.45, 7) is 0. The Hall–Kier alpha value is -3.15. The largest absolute Gasteiger partial charge is 0.480 e. The molecule has 1 amide bonds. The number of methoxy groups -OCH3 is 1. The van der Waals surface area contributed by atoms with Crippen LogP contribution in [0.4, 0.5) is 5.69 Å². The fourth-order valence-corrected chi connectivity index (χ4v) is 2.11. The molecule has 3 rings (SSSR count). The third-order valence-corrected chi connectivity index (χ3v) is 3.14. The molecule has 0 aliphatic heterocycles. The van der Waals surface area contributed by atoms with E-state index in [2.05, 4.69) is 20.5 Å². The number of aromatic amines is 1. The average molecular weight is 294 g/mol. The summed E-state index contributed by atoms with van der Waals surface area (Å²) < 4.78 is 5.10. The van der Waals surface area contributed by atoms with Gasteiger partial charge in [0.05, 0.1) is 12.8 Å². The first-order valence-electron chi connectivity index (χ1n) is 6.68. The van der Waals surface area contributed by atoms with Gasteiger partial charge in [0.25, 0.3) is 5.91 Å². The molecule has 0 aliphatic carbocycles. The summed E-state index contributed by atoms with van der Waals surface area (Å²) in [5.41, 5.74) is 2.89. The van der Waals surface area contributed by atoms with Crippen molar-refractivity contribution in [3.05, 3.63) is 60.4 Å². The van der Waals surface area contributed by atoms with Crippen LogP contribution in [0.15, 0.2) is 54.9 Å². The van der Waals surface area contributed by atoms with E-state index in [0.717, 1.165) is 11.3 Å². The van der Waals surface area contributed by atoms with Crippen LogP contribution in [0, 0.1) is 0 Å². The minimum atomic E-state index is -0.272. The smallest absolute Gasteiger partial charge is 0.261 e. The summed E-state index contributed by atoms with van der Waals surface area (Å²) >= 11 is 0. The first-order valence-corrected chi connectivity index (χ1v) is 6.68. The number of benzene rings is 1. The lowest BCUT2D eigenvalue weighted by atomic mass is 10.1. The van der Waals surface area contributed by atoms with E-state index in [1.54, 1.807) is 24.5 Å². The second kappa shape index (κ2) is 6.09. The summed E-state index contributed by atoms with van der Waals surface area (Å²) in [4.78, 5) is 16.4. The normalized spacial score (nSPS) is 10.2. The van der Waals surface area contributed by atoms with Crippen LogP contribution >= 0.6 is 0 Å². The number of pyridine rings is 1. The highest BCUT2D eigenvalue weighted by Crippen LogP contribution is 2.22. The molecule has 6 nitrogen and oxygen atoms in total. The van der Waals surface area contributed by atoms with E-state index in [0.29, 0.717) is 17.1 Å². The molecule has 0 radical (unpaired) electrons. The Morgan fingerprint density at radius 2 is 2.09 bits per heavy atom. The van der Waals surface area contributed by atoms with Crippen molar-refractivity contribution in [1.29, 1.82) is 0 Å². The van der Waals surface area contributed by atoms with Gasteiger partial charge in [0.1, 0.15) is 5.56 Å². The maximum absolute atomic E-state index is 12.3. The molecule has 0 fully saturated rings. The lowest BCUT2D eigenvalue weighted by molar-refractivity contribution is 0.102. The fraction of sp³-hybridized carbons (Fsp3) is 0.0625. The van der Waals surface area contributed by atoms with Gasteiger partial charge in [0.2, 0.25) is 5.88 Å². The number of H-pyrrole nitrogens is 1. The Morgan fingerprint density at radius 1 is 1.18 bits per heavy atom. The predicted molar refractivity (Wildman–Crippen MR) is 82.8 cm³/mol. The maximum atomic E-state index is 12.3. The number of amides is 1. The van der Waals surface area contributed by atoms with E-state index in [4.69, 9.17) is 4.74 Å². The van der Waals surface area contributed by atoms with Gasteiger partial charge in [-0.15, -0.1) is 0 Å². The molecule has 0 bridgehead atoms. The SMILES string of the molecule is COc1ncccc1C(=O)Nc1cccc(-c2ccn[nH]2)c1. The van der Waals surface area contributed by atoms with Gasteiger partial charge in [0, 0.05) is 23.6 Å². The Kier molecular flexibility index (Phi) is 3.82. The number of carbonyl (C=O) groups is 1. The number of nitrogens with one attached hydrogen (secondary N) is 2. The predicted octanol–water partition coefficient (Wildman–Crippen LogP) is 2.73. The van der Waals surface area contributed by atoms with Crippen LogP contribution in [0.25, 0.3) is 11.3 Å². The van der Waals surface area contributed by atoms with Crippen molar-refractivity contribution in [1.82, 2.24) is 15.2 Å². The third-order valence-electron chi connectivity index (χ3n) is 3.14. The molecule has 0 aliphatic rings. The van der Waals surface area contributed by atoms with Crippen molar-refractivity contribution in [2.75, 3.05) is 12.4 Å². The highest BCUT2D eigenvalue weighted by atomic mass is 16.5. The summed E-state index contributed by atoms with van der Waals surface area (Å²) in [5.74, 6) is 0.0245. The highest BCUT2D eigenvalue weighted by Gasteiger charge is 2.13. The summed E-state index contributed by atoms with van der Waals surface area (Å²) in [7, 11) is 1.48. The van der Waals surface area contributed by atoms with Gasteiger partial charge >= 0.3 is 0 Å². The molecule has 0 spiro atoms. The Labute approximate surface area is 127 Å². The molecule has 0 saturated heterocycles. The van der Waals surface area contributed by atoms with Crippen molar-refractivity contribution >= 4 is 11.6 Å². The Balaban J connectivity index is 1.84. The number of carbonyl (C=O) groups excluding carboxylic acids is 1. The molecule has 2 heterocycles. The minimum absolute atomic E-state index is 0.272. The molecule has 2 aromatic heterocycles. The molecule has 3 aromatic rings. The van der Waals surface area contributed by atoms with E-state index < -0.39 is 0 Å². The first-order chi connectivity index (χ1) is 10.8. The van der Waals surface area contributed by atoms with Crippen LogP contribution < -0.4 is 10.1 Å². The summed E-state index contributed by atoms with van der Waals surface area (Å²) in [5, 5.41) is 9.66.